The monoisotopic (exact) mass is 289 g/mol. The number of hydrogen-bond donors (Lipinski definition) is 1. The first kappa shape index (κ1) is 12.7. The summed E-state index contributed by atoms with van der Waals surface area (Å²) in [7, 11) is 0. The van der Waals surface area contributed by atoms with Gasteiger partial charge in [0.15, 0.2) is 0 Å². The summed E-state index contributed by atoms with van der Waals surface area (Å²) in [5.74, 6) is 1.95. The summed E-state index contributed by atoms with van der Waals surface area (Å²) in [4.78, 5) is 16.6. The number of rotatable bonds is 3. The largest absolute Gasteiger partial charge is 0.364 e. The number of aryl methyl sites for hydroxylation is 1. The first-order chi connectivity index (χ1) is 9.65. The quantitative estimate of drug-likeness (QED) is 0.741. The van der Waals surface area contributed by atoms with E-state index >= 15 is 0 Å². The van der Waals surface area contributed by atoms with Crippen molar-refractivity contribution in [2.45, 2.75) is 20.4 Å². The molecule has 8 heteroatoms. The summed E-state index contributed by atoms with van der Waals surface area (Å²) in [6.45, 7) is 4.27. The smallest absolute Gasteiger partial charge is 0.255 e. The molecule has 0 aliphatic carbocycles. The van der Waals surface area contributed by atoms with E-state index in [2.05, 4.69) is 30.4 Å². The molecule has 0 bridgehead atoms. The van der Waals surface area contributed by atoms with E-state index in [0.29, 0.717) is 17.5 Å². The van der Waals surface area contributed by atoms with Gasteiger partial charge in [-0.1, -0.05) is 11.6 Å². The molecule has 0 aliphatic heterocycles. The molecular formula is C12H12ClN7. The maximum absolute atomic E-state index is 6.10. The topological polar surface area (TPSA) is 80.9 Å². The van der Waals surface area contributed by atoms with Crippen molar-refractivity contribution in [2.24, 2.45) is 0 Å². The van der Waals surface area contributed by atoms with E-state index in [1.54, 1.807) is 10.7 Å². The Hall–Kier alpha value is -2.28. The average molecular weight is 290 g/mol. The molecule has 3 aromatic heterocycles. The Labute approximate surface area is 120 Å². The average Bonchev–Trinajstić information content (AvgIpc) is 2.87. The lowest BCUT2D eigenvalue weighted by atomic mass is 10.3. The van der Waals surface area contributed by atoms with Gasteiger partial charge in [0.2, 0.25) is 0 Å². The van der Waals surface area contributed by atoms with E-state index < -0.39 is 0 Å². The van der Waals surface area contributed by atoms with Crippen LogP contribution in [0.1, 0.15) is 17.1 Å². The second-order valence-electron chi connectivity index (χ2n) is 4.30. The summed E-state index contributed by atoms with van der Waals surface area (Å²) >= 11 is 6.10. The third-order valence-electron chi connectivity index (χ3n) is 2.88. The molecule has 0 spiro atoms. The van der Waals surface area contributed by atoms with Gasteiger partial charge in [-0.2, -0.15) is 19.6 Å². The van der Waals surface area contributed by atoms with Crippen LogP contribution in [0, 0.1) is 13.8 Å². The fourth-order valence-electron chi connectivity index (χ4n) is 1.88. The zero-order chi connectivity index (χ0) is 14.1. The molecule has 0 unspecified atom stereocenters. The first-order valence-electron chi connectivity index (χ1n) is 6.03. The number of hydrogen-bond acceptors (Lipinski definition) is 6. The van der Waals surface area contributed by atoms with Gasteiger partial charge in [0.1, 0.15) is 23.1 Å². The molecule has 20 heavy (non-hydrogen) atoms. The molecule has 0 saturated carbocycles. The zero-order valence-electron chi connectivity index (χ0n) is 11.0. The third kappa shape index (κ3) is 2.27. The van der Waals surface area contributed by atoms with Gasteiger partial charge < -0.3 is 5.32 Å². The molecule has 102 valence electrons. The van der Waals surface area contributed by atoms with Crippen LogP contribution in [0.25, 0.3) is 5.78 Å². The lowest BCUT2D eigenvalue weighted by Crippen LogP contribution is -2.10. The van der Waals surface area contributed by atoms with Crippen molar-refractivity contribution < 1.29 is 0 Å². The van der Waals surface area contributed by atoms with Gasteiger partial charge in [0, 0.05) is 11.8 Å². The van der Waals surface area contributed by atoms with Crippen molar-refractivity contribution in [1.82, 2.24) is 29.5 Å². The van der Waals surface area contributed by atoms with Gasteiger partial charge in [-0.15, -0.1) is 0 Å². The molecule has 3 rings (SSSR count). The Kier molecular flexibility index (Phi) is 3.19. The normalized spacial score (nSPS) is 10.9. The van der Waals surface area contributed by atoms with Gasteiger partial charge in [-0.3, -0.25) is 0 Å². The Morgan fingerprint density at radius 1 is 1.25 bits per heavy atom. The highest BCUT2D eigenvalue weighted by molar-refractivity contribution is 6.30. The van der Waals surface area contributed by atoms with E-state index in [1.165, 1.54) is 6.33 Å². The lowest BCUT2D eigenvalue weighted by molar-refractivity contribution is 0.895. The highest BCUT2D eigenvalue weighted by atomic mass is 35.5. The number of anilines is 1. The van der Waals surface area contributed by atoms with Gasteiger partial charge in [0.05, 0.1) is 12.2 Å². The predicted molar refractivity (Wildman–Crippen MR) is 74.6 cm³/mol. The zero-order valence-corrected chi connectivity index (χ0v) is 11.8. The van der Waals surface area contributed by atoms with Gasteiger partial charge in [-0.05, 0) is 19.9 Å². The molecule has 0 amide bonds. The van der Waals surface area contributed by atoms with E-state index in [4.69, 9.17) is 11.6 Å². The molecule has 0 aromatic carbocycles. The summed E-state index contributed by atoms with van der Waals surface area (Å²) in [5.41, 5.74) is 1.70. The van der Waals surface area contributed by atoms with Crippen LogP contribution in [0.4, 0.5) is 5.82 Å². The molecular weight excluding hydrogens is 278 g/mol. The molecule has 0 aliphatic rings. The number of aromatic nitrogens is 6. The van der Waals surface area contributed by atoms with Crippen LogP contribution in [-0.4, -0.2) is 29.5 Å². The standard InChI is InChI=1S/C12H12ClN7/c1-7-10(13)19-12-16-6-17-20(12)11(7)15-5-9-3-4-14-8(2)18-9/h3-4,6,15H,5H2,1-2H3. The van der Waals surface area contributed by atoms with Crippen LogP contribution in [-0.2, 0) is 6.54 Å². The van der Waals surface area contributed by atoms with Crippen molar-refractivity contribution >= 4 is 23.2 Å². The summed E-state index contributed by atoms with van der Waals surface area (Å²) in [6.07, 6.45) is 3.18. The molecule has 0 fully saturated rings. The molecule has 0 radical (unpaired) electrons. The molecule has 1 N–H and O–H groups in total. The van der Waals surface area contributed by atoms with Gasteiger partial charge in [0.25, 0.3) is 5.78 Å². The van der Waals surface area contributed by atoms with Crippen molar-refractivity contribution in [3.05, 3.63) is 40.8 Å². The van der Waals surface area contributed by atoms with E-state index in [-0.39, 0.29) is 0 Å². The SMILES string of the molecule is Cc1nccc(CNc2c(C)c(Cl)nc3ncnn23)n1. The molecule has 0 atom stereocenters. The van der Waals surface area contributed by atoms with Crippen LogP contribution in [0.3, 0.4) is 0 Å². The Morgan fingerprint density at radius 2 is 2.10 bits per heavy atom. The van der Waals surface area contributed by atoms with Crippen LogP contribution in [0.5, 0.6) is 0 Å². The maximum Gasteiger partial charge on any atom is 0.255 e. The number of nitrogens with zero attached hydrogens (tertiary/aromatic N) is 6. The van der Waals surface area contributed by atoms with Gasteiger partial charge >= 0.3 is 0 Å². The van der Waals surface area contributed by atoms with Crippen molar-refractivity contribution in [1.29, 1.82) is 0 Å². The van der Waals surface area contributed by atoms with Crippen LogP contribution < -0.4 is 5.32 Å². The Balaban J connectivity index is 1.94. The molecule has 0 saturated heterocycles. The van der Waals surface area contributed by atoms with Crippen molar-refractivity contribution in [3.63, 3.8) is 0 Å². The molecule has 3 aromatic rings. The maximum atomic E-state index is 6.10. The molecule has 3 heterocycles. The van der Waals surface area contributed by atoms with Crippen LogP contribution in [0.2, 0.25) is 5.15 Å². The highest BCUT2D eigenvalue weighted by Crippen LogP contribution is 2.22. The minimum Gasteiger partial charge on any atom is -0.364 e. The fourth-order valence-corrected chi connectivity index (χ4v) is 2.05. The third-order valence-corrected chi connectivity index (χ3v) is 3.24. The van der Waals surface area contributed by atoms with E-state index in [0.717, 1.165) is 22.9 Å². The van der Waals surface area contributed by atoms with Gasteiger partial charge in [-0.25, -0.2) is 9.97 Å². The second-order valence-corrected chi connectivity index (χ2v) is 4.65. The minimum atomic E-state index is 0.409. The number of nitrogens with one attached hydrogen (secondary N) is 1. The fraction of sp³-hybridized carbons (Fsp3) is 0.250. The highest BCUT2D eigenvalue weighted by Gasteiger charge is 2.12. The van der Waals surface area contributed by atoms with Crippen LogP contribution in [0.15, 0.2) is 18.6 Å². The second kappa shape index (κ2) is 5.01. The first-order valence-corrected chi connectivity index (χ1v) is 6.41. The molecule has 7 nitrogen and oxygen atoms in total. The summed E-state index contributed by atoms with van der Waals surface area (Å²) < 4.78 is 1.62. The number of halogens is 1. The van der Waals surface area contributed by atoms with Crippen molar-refractivity contribution in [3.8, 4) is 0 Å². The lowest BCUT2D eigenvalue weighted by Gasteiger charge is -2.11. The van der Waals surface area contributed by atoms with Crippen molar-refractivity contribution in [2.75, 3.05) is 5.32 Å². The Morgan fingerprint density at radius 3 is 2.90 bits per heavy atom. The Bertz CT molecular complexity index is 768. The number of fused-ring (bicyclic) bond motifs is 1. The van der Waals surface area contributed by atoms with E-state index in [1.807, 2.05) is 19.9 Å². The van der Waals surface area contributed by atoms with E-state index in [9.17, 15) is 0 Å². The minimum absolute atomic E-state index is 0.409. The summed E-state index contributed by atoms with van der Waals surface area (Å²) in [5, 5.41) is 7.82. The van der Waals surface area contributed by atoms with Crippen LogP contribution >= 0.6 is 11.6 Å². The predicted octanol–water partition coefficient (Wildman–Crippen LogP) is 1.80. The summed E-state index contributed by atoms with van der Waals surface area (Å²) in [6, 6.07) is 1.86.